The summed E-state index contributed by atoms with van der Waals surface area (Å²) >= 11 is 0. The molecule has 1 aliphatic carbocycles. The highest BCUT2D eigenvalue weighted by Gasteiger charge is 2.33. The summed E-state index contributed by atoms with van der Waals surface area (Å²) in [4.78, 5) is 6.60. The minimum Gasteiger partial charge on any atom is -0.396 e. The Hall–Kier alpha value is -1.28. The summed E-state index contributed by atoms with van der Waals surface area (Å²) in [7, 11) is 0. The lowest BCUT2D eigenvalue weighted by Gasteiger charge is -2.38. The number of morpholine rings is 1. The van der Waals surface area contributed by atoms with Gasteiger partial charge in [0.1, 0.15) is 5.70 Å². The number of hydrogen-bond donors (Lipinski definition) is 2. The molecule has 1 heterocycles. The van der Waals surface area contributed by atoms with Crippen molar-refractivity contribution in [2.75, 3.05) is 26.3 Å². The topological polar surface area (TPSA) is 76.9 Å². The number of ether oxygens (including phenoxy) is 1. The van der Waals surface area contributed by atoms with Crippen molar-refractivity contribution in [3.05, 3.63) is 11.4 Å². The van der Waals surface area contributed by atoms with Crippen molar-refractivity contribution >= 4 is 6.21 Å². The summed E-state index contributed by atoms with van der Waals surface area (Å²) in [5, 5.41) is 0. The predicted octanol–water partition coefficient (Wildman–Crippen LogP) is 1.39. The van der Waals surface area contributed by atoms with Crippen LogP contribution in [0.4, 0.5) is 13.2 Å². The van der Waals surface area contributed by atoms with Gasteiger partial charge < -0.3 is 16.2 Å². The van der Waals surface area contributed by atoms with E-state index in [4.69, 9.17) is 16.2 Å². The van der Waals surface area contributed by atoms with Crippen LogP contribution in [0.15, 0.2) is 16.4 Å². The first-order valence-electron chi connectivity index (χ1n) is 7.55. The molecule has 2 rings (SSSR count). The van der Waals surface area contributed by atoms with E-state index in [0.29, 0.717) is 6.04 Å². The first kappa shape index (κ1) is 17.1. The van der Waals surface area contributed by atoms with Crippen LogP contribution in [0.25, 0.3) is 0 Å². The highest BCUT2D eigenvalue weighted by Crippen LogP contribution is 2.26. The quantitative estimate of drug-likeness (QED) is 0.771. The van der Waals surface area contributed by atoms with Gasteiger partial charge in [0.15, 0.2) is 0 Å². The Bertz CT molecular complexity index is 422. The third-order valence-electron chi connectivity index (χ3n) is 4.27. The van der Waals surface area contributed by atoms with Crippen molar-refractivity contribution in [2.45, 2.75) is 43.9 Å². The van der Waals surface area contributed by atoms with Crippen LogP contribution in [0.2, 0.25) is 0 Å². The average Bonchev–Trinajstić information content (AvgIpc) is 2.52. The molecule has 2 fully saturated rings. The van der Waals surface area contributed by atoms with E-state index in [1.807, 2.05) is 0 Å². The standard InChI is InChI=1S/C14H23F3N4O/c15-14(16,17)13(19)12(18)9-20-10-1-3-11(4-2-10)21-5-7-22-8-6-21/h9-11H,1-8,18-19H2. The van der Waals surface area contributed by atoms with Crippen LogP contribution < -0.4 is 11.5 Å². The Balaban J connectivity index is 1.83. The monoisotopic (exact) mass is 320 g/mol. The van der Waals surface area contributed by atoms with Crippen molar-refractivity contribution < 1.29 is 17.9 Å². The van der Waals surface area contributed by atoms with Gasteiger partial charge in [-0.2, -0.15) is 13.2 Å². The van der Waals surface area contributed by atoms with Crippen LogP contribution in [0.1, 0.15) is 25.7 Å². The average molecular weight is 320 g/mol. The molecule has 0 aromatic heterocycles. The van der Waals surface area contributed by atoms with Gasteiger partial charge in [-0.1, -0.05) is 0 Å². The number of aliphatic imine (C=N–C) groups is 1. The van der Waals surface area contributed by atoms with Gasteiger partial charge in [0.05, 0.1) is 25.0 Å². The fourth-order valence-electron chi connectivity index (χ4n) is 2.93. The molecule has 2 aliphatic rings. The first-order valence-corrected chi connectivity index (χ1v) is 7.55. The molecule has 1 saturated heterocycles. The van der Waals surface area contributed by atoms with E-state index in [0.717, 1.165) is 58.2 Å². The van der Waals surface area contributed by atoms with Crippen LogP contribution in [0.3, 0.4) is 0 Å². The summed E-state index contributed by atoms with van der Waals surface area (Å²) < 4.78 is 42.5. The summed E-state index contributed by atoms with van der Waals surface area (Å²) in [6, 6.07) is 0.556. The first-order chi connectivity index (χ1) is 10.4. The lowest BCUT2D eigenvalue weighted by molar-refractivity contribution is -0.0931. The molecule has 126 valence electrons. The lowest BCUT2D eigenvalue weighted by atomic mass is 9.90. The number of nitrogens with two attached hydrogens (primary N) is 2. The van der Waals surface area contributed by atoms with Crippen molar-refractivity contribution in [3.8, 4) is 0 Å². The maximum Gasteiger partial charge on any atom is 0.432 e. The van der Waals surface area contributed by atoms with Crippen molar-refractivity contribution in [1.29, 1.82) is 0 Å². The van der Waals surface area contributed by atoms with Gasteiger partial charge in [0.25, 0.3) is 0 Å². The highest BCUT2D eigenvalue weighted by atomic mass is 19.4. The zero-order valence-corrected chi connectivity index (χ0v) is 12.5. The fourth-order valence-corrected chi connectivity index (χ4v) is 2.93. The molecule has 0 atom stereocenters. The number of allylic oxidation sites excluding steroid dienone is 2. The zero-order valence-electron chi connectivity index (χ0n) is 12.5. The Labute approximate surface area is 128 Å². The number of nitrogens with zero attached hydrogens (tertiary/aromatic N) is 2. The minimum atomic E-state index is -4.61. The molecular weight excluding hydrogens is 297 g/mol. The Morgan fingerprint density at radius 2 is 1.68 bits per heavy atom. The van der Waals surface area contributed by atoms with E-state index in [1.165, 1.54) is 0 Å². The predicted molar refractivity (Wildman–Crippen MR) is 78.4 cm³/mol. The molecule has 5 nitrogen and oxygen atoms in total. The third-order valence-corrected chi connectivity index (χ3v) is 4.27. The molecule has 0 amide bonds. The van der Waals surface area contributed by atoms with Gasteiger partial charge in [-0.3, -0.25) is 9.89 Å². The molecule has 1 aliphatic heterocycles. The molecule has 0 aromatic rings. The number of halogens is 3. The maximum absolute atomic E-state index is 12.4. The SMILES string of the molecule is NC(C=NC1CCC(N2CCOCC2)CC1)=C(N)C(F)(F)F. The van der Waals surface area contributed by atoms with Crippen LogP contribution in [0, 0.1) is 0 Å². The maximum atomic E-state index is 12.4. The Kier molecular flexibility index (Phi) is 5.69. The van der Waals surface area contributed by atoms with E-state index < -0.39 is 17.6 Å². The van der Waals surface area contributed by atoms with Gasteiger partial charge >= 0.3 is 6.18 Å². The van der Waals surface area contributed by atoms with Gasteiger partial charge in [-0.25, -0.2) is 0 Å². The zero-order chi connectivity index (χ0) is 16.2. The molecule has 0 aromatic carbocycles. The second kappa shape index (κ2) is 7.32. The van der Waals surface area contributed by atoms with E-state index in [9.17, 15) is 13.2 Å². The normalized spacial score (nSPS) is 29.6. The summed E-state index contributed by atoms with van der Waals surface area (Å²) in [5.74, 6) is 0. The van der Waals surface area contributed by atoms with Crippen LogP contribution >= 0.6 is 0 Å². The molecule has 22 heavy (non-hydrogen) atoms. The van der Waals surface area contributed by atoms with Gasteiger partial charge in [-0.15, -0.1) is 0 Å². The van der Waals surface area contributed by atoms with E-state index in [-0.39, 0.29) is 6.04 Å². The van der Waals surface area contributed by atoms with E-state index in [2.05, 4.69) is 9.89 Å². The smallest absolute Gasteiger partial charge is 0.396 e. The lowest BCUT2D eigenvalue weighted by Crippen LogP contribution is -2.45. The highest BCUT2D eigenvalue weighted by molar-refractivity contribution is 5.78. The van der Waals surface area contributed by atoms with Gasteiger partial charge in [0.2, 0.25) is 0 Å². The molecule has 8 heteroatoms. The van der Waals surface area contributed by atoms with E-state index in [1.54, 1.807) is 0 Å². The van der Waals surface area contributed by atoms with Crippen molar-refractivity contribution in [1.82, 2.24) is 4.90 Å². The number of alkyl halides is 3. The molecule has 0 spiro atoms. The third kappa shape index (κ3) is 4.61. The summed E-state index contributed by atoms with van der Waals surface area (Å²) in [6.07, 6.45) is 0.170. The van der Waals surface area contributed by atoms with Crippen molar-refractivity contribution in [3.63, 3.8) is 0 Å². The fraction of sp³-hybridized carbons (Fsp3) is 0.786. The second-order valence-corrected chi connectivity index (χ2v) is 5.76. The van der Waals surface area contributed by atoms with Crippen LogP contribution in [0.5, 0.6) is 0 Å². The van der Waals surface area contributed by atoms with Gasteiger partial charge in [0, 0.05) is 25.3 Å². The summed E-state index contributed by atoms with van der Waals surface area (Å²) in [6.45, 7) is 3.46. The largest absolute Gasteiger partial charge is 0.432 e. The number of hydrogen-bond acceptors (Lipinski definition) is 5. The van der Waals surface area contributed by atoms with Crippen molar-refractivity contribution in [2.24, 2.45) is 16.5 Å². The Morgan fingerprint density at radius 1 is 1.09 bits per heavy atom. The van der Waals surface area contributed by atoms with Gasteiger partial charge in [-0.05, 0) is 25.7 Å². The van der Waals surface area contributed by atoms with Crippen LogP contribution in [-0.2, 0) is 4.74 Å². The summed E-state index contributed by atoms with van der Waals surface area (Å²) in [5.41, 5.74) is 8.49. The molecule has 0 bridgehead atoms. The molecule has 0 radical (unpaired) electrons. The molecular formula is C14H23F3N4O. The Morgan fingerprint density at radius 3 is 2.23 bits per heavy atom. The molecule has 1 saturated carbocycles. The minimum absolute atomic E-state index is 0.0249. The second-order valence-electron chi connectivity index (χ2n) is 5.76. The molecule has 4 N–H and O–H groups in total. The van der Waals surface area contributed by atoms with E-state index >= 15 is 0 Å². The molecule has 0 unspecified atom stereocenters. The number of rotatable bonds is 3. The van der Waals surface area contributed by atoms with Crippen LogP contribution in [-0.4, -0.2) is 55.7 Å².